The molecule has 1 aliphatic rings. The van der Waals surface area contributed by atoms with Crippen molar-refractivity contribution in [1.82, 2.24) is 5.32 Å². The fourth-order valence-corrected chi connectivity index (χ4v) is 2.99. The first-order valence-electron chi connectivity index (χ1n) is 8.99. The van der Waals surface area contributed by atoms with E-state index in [0.29, 0.717) is 24.1 Å². The van der Waals surface area contributed by atoms with Gasteiger partial charge in [0.2, 0.25) is 11.8 Å². The standard InChI is InChI=1S/C21H21FN2O4/c1-13(23-19(26)21(9-10-21)20(27)28)14-6-4-7-16(11-14)24-18(25)12-15-5-2-3-8-17(15)22/h2-8,11,13H,9-10,12H2,1H3,(H,23,26)(H,24,25)(H,27,28). The zero-order valence-corrected chi connectivity index (χ0v) is 15.4. The summed E-state index contributed by atoms with van der Waals surface area (Å²) >= 11 is 0. The molecule has 0 aromatic heterocycles. The van der Waals surface area contributed by atoms with E-state index in [0.717, 1.165) is 5.56 Å². The molecule has 0 aliphatic heterocycles. The molecule has 1 aliphatic carbocycles. The van der Waals surface area contributed by atoms with E-state index < -0.39 is 29.2 Å². The molecule has 3 N–H and O–H groups in total. The van der Waals surface area contributed by atoms with Crippen molar-refractivity contribution in [3.63, 3.8) is 0 Å². The number of halogens is 1. The molecule has 6 nitrogen and oxygen atoms in total. The molecule has 2 aromatic carbocycles. The summed E-state index contributed by atoms with van der Waals surface area (Å²) in [5.41, 5.74) is 0.234. The molecule has 0 heterocycles. The van der Waals surface area contributed by atoms with Gasteiger partial charge in [-0.05, 0) is 49.1 Å². The quantitative estimate of drug-likeness (QED) is 0.640. The maximum Gasteiger partial charge on any atom is 0.319 e. The van der Waals surface area contributed by atoms with Crippen molar-refractivity contribution >= 4 is 23.5 Å². The van der Waals surface area contributed by atoms with Crippen LogP contribution in [0, 0.1) is 11.2 Å². The van der Waals surface area contributed by atoms with Gasteiger partial charge < -0.3 is 15.7 Å². The van der Waals surface area contributed by atoms with Crippen LogP contribution in [0.15, 0.2) is 48.5 Å². The Balaban J connectivity index is 1.63. The lowest BCUT2D eigenvalue weighted by Gasteiger charge is -2.18. The molecule has 0 bridgehead atoms. The first-order valence-corrected chi connectivity index (χ1v) is 8.99. The molecule has 1 fully saturated rings. The molecule has 2 aromatic rings. The second-order valence-corrected chi connectivity index (χ2v) is 7.02. The van der Waals surface area contributed by atoms with Crippen molar-refractivity contribution in [2.24, 2.45) is 5.41 Å². The number of benzene rings is 2. The van der Waals surface area contributed by atoms with Crippen molar-refractivity contribution in [2.45, 2.75) is 32.2 Å². The Morgan fingerprint density at radius 1 is 1.14 bits per heavy atom. The van der Waals surface area contributed by atoms with E-state index >= 15 is 0 Å². The Kier molecular flexibility index (Phi) is 5.44. The normalized spacial score (nSPS) is 15.4. The largest absolute Gasteiger partial charge is 0.480 e. The van der Waals surface area contributed by atoms with Gasteiger partial charge in [0, 0.05) is 5.69 Å². The van der Waals surface area contributed by atoms with Crippen LogP contribution in [0.1, 0.15) is 36.9 Å². The van der Waals surface area contributed by atoms with Crippen LogP contribution in [0.5, 0.6) is 0 Å². The van der Waals surface area contributed by atoms with Crippen LogP contribution in [0.4, 0.5) is 10.1 Å². The van der Waals surface area contributed by atoms with Gasteiger partial charge in [-0.3, -0.25) is 14.4 Å². The zero-order chi connectivity index (χ0) is 20.3. The number of carbonyl (C=O) groups is 3. The fourth-order valence-electron chi connectivity index (χ4n) is 2.99. The third kappa shape index (κ3) is 4.19. The summed E-state index contributed by atoms with van der Waals surface area (Å²) < 4.78 is 13.7. The summed E-state index contributed by atoms with van der Waals surface area (Å²) in [4.78, 5) is 35.7. The van der Waals surface area contributed by atoms with Gasteiger partial charge in [0.1, 0.15) is 11.2 Å². The number of hydrogen-bond donors (Lipinski definition) is 3. The van der Waals surface area contributed by atoms with Gasteiger partial charge in [-0.15, -0.1) is 0 Å². The van der Waals surface area contributed by atoms with E-state index in [1.165, 1.54) is 6.07 Å². The Morgan fingerprint density at radius 3 is 2.50 bits per heavy atom. The fraction of sp³-hybridized carbons (Fsp3) is 0.286. The highest BCUT2D eigenvalue weighted by Crippen LogP contribution is 2.46. The van der Waals surface area contributed by atoms with Gasteiger partial charge in [0.15, 0.2) is 0 Å². The Hall–Kier alpha value is -3.22. The van der Waals surface area contributed by atoms with E-state index in [1.807, 2.05) is 0 Å². The van der Waals surface area contributed by atoms with Gasteiger partial charge in [-0.2, -0.15) is 0 Å². The van der Waals surface area contributed by atoms with Crippen molar-refractivity contribution in [2.75, 3.05) is 5.32 Å². The average molecular weight is 384 g/mol. The van der Waals surface area contributed by atoms with Crippen LogP contribution in [-0.2, 0) is 20.8 Å². The topological polar surface area (TPSA) is 95.5 Å². The van der Waals surface area contributed by atoms with Gasteiger partial charge in [0.05, 0.1) is 12.5 Å². The minimum absolute atomic E-state index is 0.0929. The number of nitrogens with one attached hydrogen (secondary N) is 2. The molecular formula is C21H21FN2O4. The summed E-state index contributed by atoms with van der Waals surface area (Å²) in [6.07, 6.45) is 0.588. The van der Waals surface area contributed by atoms with Gasteiger partial charge in [-0.1, -0.05) is 30.3 Å². The lowest BCUT2D eigenvalue weighted by molar-refractivity contribution is -0.149. The van der Waals surface area contributed by atoms with E-state index in [1.54, 1.807) is 49.4 Å². The van der Waals surface area contributed by atoms with E-state index in [9.17, 15) is 23.9 Å². The first kappa shape index (κ1) is 19.5. The second-order valence-electron chi connectivity index (χ2n) is 7.02. The monoisotopic (exact) mass is 384 g/mol. The van der Waals surface area contributed by atoms with Gasteiger partial charge >= 0.3 is 5.97 Å². The summed E-state index contributed by atoms with van der Waals surface area (Å²) in [6, 6.07) is 12.6. The van der Waals surface area contributed by atoms with Crippen LogP contribution in [0.3, 0.4) is 0 Å². The predicted octanol–water partition coefficient (Wildman–Crippen LogP) is 3.05. The lowest BCUT2D eigenvalue weighted by atomic mass is 10.0. The highest BCUT2D eigenvalue weighted by atomic mass is 19.1. The van der Waals surface area contributed by atoms with Crippen molar-refractivity contribution in [1.29, 1.82) is 0 Å². The number of carbonyl (C=O) groups excluding carboxylic acids is 2. The molecule has 28 heavy (non-hydrogen) atoms. The molecule has 1 atom stereocenters. The molecule has 0 saturated heterocycles. The van der Waals surface area contributed by atoms with E-state index in [4.69, 9.17) is 0 Å². The Labute approximate surface area is 161 Å². The highest BCUT2D eigenvalue weighted by Gasteiger charge is 2.57. The number of carboxylic acid groups (broad SMARTS) is 1. The second kappa shape index (κ2) is 7.80. The number of carboxylic acids is 1. The van der Waals surface area contributed by atoms with Crippen molar-refractivity contribution < 1.29 is 23.9 Å². The van der Waals surface area contributed by atoms with E-state index in [2.05, 4.69) is 10.6 Å². The third-order valence-corrected chi connectivity index (χ3v) is 4.92. The van der Waals surface area contributed by atoms with Crippen LogP contribution < -0.4 is 10.6 Å². The maximum absolute atomic E-state index is 13.7. The van der Waals surface area contributed by atoms with E-state index in [-0.39, 0.29) is 12.3 Å². The van der Waals surface area contributed by atoms with Gasteiger partial charge in [-0.25, -0.2) is 4.39 Å². The number of amides is 2. The van der Waals surface area contributed by atoms with Crippen LogP contribution in [-0.4, -0.2) is 22.9 Å². The molecule has 7 heteroatoms. The number of rotatable bonds is 7. The third-order valence-electron chi connectivity index (χ3n) is 4.92. The SMILES string of the molecule is CC(NC(=O)C1(C(=O)O)CC1)c1cccc(NC(=O)Cc2ccccc2F)c1. The number of aliphatic carboxylic acids is 1. The molecule has 2 amide bonds. The van der Waals surface area contributed by atoms with Crippen molar-refractivity contribution in [3.8, 4) is 0 Å². The molecular weight excluding hydrogens is 363 g/mol. The molecule has 3 rings (SSSR count). The molecule has 146 valence electrons. The van der Waals surface area contributed by atoms with Crippen LogP contribution in [0.25, 0.3) is 0 Å². The Bertz CT molecular complexity index is 924. The van der Waals surface area contributed by atoms with Crippen molar-refractivity contribution in [3.05, 3.63) is 65.5 Å². The van der Waals surface area contributed by atoms with Crippen LogP contribution >= 0.6 is 0 Å². The minimum atomic E-state index is -1.31. The maximum atomic E-state index is 13.7. The first-order chi connectivity index (χ1) is 13.3. The summed E-state index contributed by atoms with van der Waals surface area (Å²) in [5, 5.41) is 14.6. The Morgan fingerprint density at radius 2 is 1.86 bits per heavy atom. The lowest BCUT2D eigenvalue weighted by Crippen LogP contribution is -2.38. The minimum Gasteiger partial charge on any atom is -0.480 e. The molecule has 1 saturated carbocycles. The molecule has 1 unspecified atom stereocenters. The van der Waals surface area contributed by atoms with Crippen LogP contribution in [0.2, 0.25) is 0 Å². The average Bonchev–Trinajstić information content (AvgIpc) is 3.46. The predicted molar refractivity (Wildman–Crippen MR) is 101 cm³/mol. The van der Waals surface area contributed by atoms with Gasteiger partial charge in [0.25, 0.3) is 0 Å². The summed E-state index contributed by atoms with van der Waals surface area (Å²) in [7, 11) is 0. The number of anilines is 1. The number of hydrogen-bond acceptors (Lipinski definition) is 3. The zero-order valence-electron chi connectivity index (χ0n) is 15.4. The summed E-state index contributed by atoms with van der Waals surface area (Å²) in [5.74, 6) is -2.40. The molecule has 0 spiro atoms. The summed E-state index contributed by atoms with van der Waals surface area (Å²) in [6.45, 7) is 1.75. The molecule has 0 radical (unpaired) electrons. The smallest absolute Gasteiger partial charge is 0.319 e. The highest BCUT2D eigenvalue weighted by molar-refractivity contribution is 6.05.